The number of alkyl halides is 4. The molecule has 3 aliphatic heterocycles. The Bertz CT molecular complexity index is 1940. The summed E-state index contributed by atoms with van der Waals surface area (Å²) in [5, 5.41) is 12.2. The number of aromatic amines is 1. The number of hydrogen-bond acceptors (Lipinski definition) is 9. The molecular formula is C31H32F4N8OS. The summed E-state index contributed by atoms with van der Waals surface area (Å²) in [5.74, 6) is 0.677. The minimum absolute atomic E-state index is 0.00683. The zero-order chi connectivity index (χ0) is 31.1. The Hall–Kier alpha value is -3.62. The fourth-order valence-electron chi connectivity index (χ4n) is 7.65. The fourth-order valence-corrected chi connectivity index (χ4v) is 8.80. The molecule has 0 radical (unpaired) electrons. The molecule has 0 saturated carbocycles. The third-order valence-electron chi connectivity index (χ3n) is 9.57. The number of rotatable bonds is 5. The second-order valence-electron chi connectivity index (χ2n) is 12.6. The van der Waals surface area contributed by atoms with Gasteiger partial charge in [-0.3, -0.25) is 15.0 Å². The van der Waals surface area contributed by atoms with E-state index in [1.54, 1.807) is 6.20 Å². The van der Waals surface area contributed by atoms with Crippen LogP contribution in [0, 0.1) is 6.92 Å². The number of benzene rings is 1. The lowest BCUT2D eigenvalue weighted by atomic mass is 9.94. The molecule has 0 spiro atoms. The molecule has 3 saturated heterocycles. The molecule has 14 heteroatoms. The van der Waals surface area contributed by atoms with Gasteiger partial charge < -0.3 is 15.0 Å². The molecule has 5 aromatic rings. The maximum Gasteiger partial charge on any atom is 0.417 e. The van der Waals surface area contributed by atoms with Crippen molar-refractivity contribution in [3.05, 3.63) is 35.7 Å². The van der Waals surface area contributed by atoms with Crippen molar-refractivity contribution >= 4 is 48.4 Å². The second kappa shape index (κ2) is 10.5. The highest BCUT2D eigenvalue weighted by Crippen LogP contribution is 2.48. The van der Waals surface area contributed by atoms with Gasteiger partial charge in [0.1, 0.15) is 23.4 Å². The molecule has 0 aliphatic carbocycles. The van der Waals surface area contributed by atoms with E-state index in [0.717, 1.165) is 36.7 Å². The zero-order valence-electron chi connectivity index (χ0n) is 24.8. The molecule has 4 aromatic heterocycles. The molecular weight excluding hydrogens is 608 g/mol. The van der Waals surface area contributed by atoms with Gasteiger partial charge in [0.15, 0.2) is 0 Å². The maximum absolute atomic E-state index is 14.6. The molecule has 236 valence electrons. The molecule has 2 N–H and O–H groups in total. The first-order chi connectivity index (χ1) is 21.6. The molecule has 45 heavy (non-hydrogen) atoms. The number of halogens is 4. The van der Waals surface area contributed by atoms with Crippen molar-refractivity contribution in [2.24, 2.45) is 0 Å². The first kappa shape index (κ1) is 28.8. The number of H-pyrrole nitrogens is 1. The first-order valence-electron chi connectivity index (χ1n) is 15.2. The van der Waals surface area contributed by atoms with Crippen LogP contribution in [-0.2, 0) is 6.18 Å². The van der Waals surface area contributed by atoms with Crippen molar-refractivity contribution in [1.82, 2.24) is 35.4 Å². The van der Waals surface area contributed by atoms with Crippen molar-refractivity contribution in [1.29, 1.82) is 0 Å². The Morgan fingerprint density at radius 2 is 2.04 bits per heavy atom. The molecule has 7 heterocycles. The van der Waals surface area contributed by atoms with E-state index in [1.165, 1.54) is 30.5 Å². The van der Waals surface area contributed by atoms with Crippen LogP contribution >= 0.6 is 11.3 Å². The van der Waals surface area contributed by atoms with E-state index in [4.69, 9.17) is 14.7 Å². The van der Waals surface area contributed by atoms with Crippen LogP contribution in [0.5, 0.6) is 6.01 Å². The van der Waals surface area contributed by atoms with Gasteiger partial charge >= 0.3 is 12.2 Å². The van der Waals surface area contributed by atoms with E-state index in [0.29, 0.717) is 52.3 Å². The monoisotopic (exact) mass is 640 g/mol. The molecule has 3 fully saturated rings. The largest absolute Gasteiger partial charge is 0.461 e. The summed E-state index contributed by atoms with van der Waals surface area (Å²) < 4.78 is 65.2. The normalized spacial score (nSPS) is 24.4. The number of anilines is 1. The molecule has 1 aromatic carbocycles. The molecule has 0 amide bonds. The molecule has 3 aliphatic rings. The zero-order valence-corrected chi connectivity index (χ0v) is 25.7. The van der Waals surface area contributed by atoms with E-state index in [-0.39, 0.29) is 41.0 Å². The highest BCUT2D eigenvalue weighted by Gasteiger charge is 2.49. The highest BCUT2D eigenvalue weighted by molar-refractivity contribution is 7.26. The number of aromatic nitrogens is 5. The Morgan fingerprint density at radius 3 is 2.87 bits per heavy atom. The molecule has 3 atom stereocenters. The number of ether oxygens (including phenoxy) is 1. The Morgan fingerprint density at radius 1 is 1.18 bits per heavy atom. The average molecular weight is 641 g/mol. The minimum atomic E-state index is -4.61. The summed E-state index contributed by atoms with van der Waals surface area (Å²) in [6.07, 6.45) is -0.243. The van der Waals surface area contributed by atoms with Gasteiger partial charge in [0.05, 0.1) is 38.6 Å². The SMILES string of the molecule is Cc1cc2[nH]ncc2c(-c2nccc3c2sc2nc(OC[C@@]45CCCN4C[C@H](F)C5)nc(N4CCN[C@H](C)C4)c23)c1C(F)(F)F. The van der Waals surface area contributed by atoms with E-state index in [1.807, 2.05) is 6.07 Å². The summed E-state index contributed by atoms with van der Waals surface area (Å²) in [7, 11) is 0. The van der Waals surface area contributed by atoms with Gasteiger partial charge in [-0.05, 0) is 50.9 Å². The lowest BCUT2D eigenvalue weighted by molar-refractivity contribution is -0.137. The number of piperazine rings is 1. The van der Waals surface area contributed by atoms with Crippen LogP contribution in [-0.4, -0.2) is 87.1 Å². The standard InChI is InChI=1S/C31H32F4N8OS/c1-16-10-21-20(12-38-41-21)22(24(16)31(33,34)35)25-26-19(4-6-37-25)23-27(42-9-7-36-17(2)13-42)39-29(40-28(23)45-26)44-15-30-5-3-8-43(30)14-18(32)11-30/h4,6,10,12,17-18,36H,3,5,7-9,11,13-15H2,1-2H3,(H,38,41)/t17-,18-,30+/m1/s1. The van der Waals surface area contributed by atoms with Crippen molar-refractivity contribution in [2.45, 2.75) is 57.0 Å². The number of thiophene rings is 1. The van der Waals surface area contributed by atoms with Gasteiger partial charge in [-0.15, -0.1) is 11.3 Å². The van der Waals surface area contributed by atoms with Crippen molar-refractivity contribution in [3.8, 4) is 17.3 Å². The number of hydrogen-bond donors (Lipinski definition) is 2. The maximum atomic E-state index is 14.6. The van der Waals surface area contributed by atoms with Crippen molar-refractivity contribution in [3.63, 3.8) is 0 Å². The fraction of sp³-hybridized carbons (Fsp3) is 0.484. The van der Waals surface area contributed by atoms with E-state index in [2.05, 4.69) is 37.2 Å². The highest BCUT2D eigenvalue weighted by atomic mass is 32.1. The van der Waals surface area contributed by atoms with Gasteiger partial charge in [0.25, 0.3) is 0 Å². The van der Waals surface area contributed by atoms with Gasteiger partial charge in [-0.2, -0.15) is 28.2 Å². The Kier molecular flexibility index (Phi) is 6.70. The van der Waals surface area contributed by atoms with Gasteiger partial charge in [-0.1, -0.05) is 0 Å². The quantitative estimate of drug-likeness (QED) is 0.231. The summed E-state index contributed by atoms with van der Waals surface area (Å²) in [6, 6.07) is 3.69. The molecule has 0 unspecified atom stereocenters. The van der Waals surface area contributed by atoms with Crippen LogP contribution in [0.4, 0.5) is 23.4 Å². The molecule has 9 nitrogen and oxygen atoms in total. The summed E-state index contributed by atoms with van der Waals surface area (Å²) >= 11 is 1.28. The topological polar surface area (TPSA) is 95.1 Å². The Labute approximate surface area is 260 Å². The predicted molar refractivity (Wildman–Crippen MR) is 166 cm³/mol. The van der Waals surface area contributed by atoms with Gasteiger partial charge in [0, 0.05) is 61.2 Å². The lowest BCUT2D eigenvalue weighted by Crippen LogP contribution is -2.49. The predicted octanol–water partition coefficient (Wildman–Crippen LogP) is 5.86. The summed E-state index contributed by atoms with van der Waals surface area (Å²) in [4.78, 5) is 19.3. The lowest BCUT2D eigenvalue weighted by Gasteiger charge is -2.33. The van der Waals surface area contributed by atoms with Crippen LogP contribution in [0.15, 0.2) is 24.5 Å². The number of pyridine rings is 1. The van der Waals surface area contributed by atoms with Gasteiger partial charge in [0.2, 0.25) is 0 Å². The number of nitrogens with zero attached hydrogens (tertiary/aromatic N) is 6. The van der Waals surface area contributed by atoms with Crippen LogP contribution in [0.25, 0.3) is 42.5 Å². The van der Waals surface area contributed by atoms with Crippen molar-refractivity contribution in [2.75, 3.05) is 44.2 Å². The van der Waals surface area contributed by atoms with E-state index >= 15 is 0 Å². The average Bonchev–Trinajstić information content (AvgIpc) is 3.76. The molecule has 0 bridgehead atoms. The number of fused-ring (bicyclic) bond motifs is 5. The minimum Gasteiger partial charge on any atom is -0.461 e. The first-order valence-corrected chi connectivity index (χ1v) is 16.1. The van der Waals surface area contributed by atoms with Crippen LogP contribution in [0.2, 0.25) is 0 Å². The second-order valence-corrected chi connectivity index (χ2v) is 13.6. The number of aryl methyl sites for hydroxylation is 1. The summed E-state index contributed by atoms with van der Waals surface area (Å²) in [5.41, 5.74) is -0.295. The van der Waals surface area contributed by atoms with Crippen molar-refractivity contribution < 1.29 is 22.3 Å². The Balaban J connectivity index is 1.31. The van der Waals surface area contributed by atoms with Gasteiger partial charge in [-0.25, -0.2) is 4.39 Å². The van der Waals surface area contributed by atoms with Crippen LogP contribution in [0.3, 0.4) is 0 Å². The third kappa shape index (κ3) is 4.71. The smallest absolute Gasteiger partial charge is 0.417 e. The van der Waals surface area contributed by atoms with Crippen LogP contribution < -0.4 is 15.0 Å². The summed E-state index contributed by atoms with van der Waals surface area (Å²) in [6.45, 7) is 7.24. The third-order valence-corrected chi connectivity index (χ3v) is 10.7. The van der Waals surface area contributed by atoms with E-state index in [9.17, 15) is 17.6 Å². The molecule has 8 rings (SSSR count). The van der Waals surface area contributed by atoms with E-state index < -0.39 is 17.9 Å². The van der Waals surface area contributed by atoms with Crippen LogP contribution in [0.1, 0.15) is 37.3 Å². The number of nitrogens with one attached hydrogen (secondary N) is 2.